The highest BCUT2D eigenvalue weighted by Gasteiger charge is 1.97. The van der Waals surface area contributed by atoms with Crippen LogP contribution in [0.3, 0.4) is 0 Å². The highest BCUT2D eigenvalue weighted by molar-refractivity contribution is 6.30. The third-order valence-corrected chi connectivity index (χ3v) is 1.87. The van der Waals surface area contributed by atoms with E-state index in [0.717, 1.165) is 5.56 Å². The van der Waals surface area contributed by atoms with Crippen molar-refractivity contribution in [2.75, 3.05) is 0 Å². The van der Waals surface area contributed by atoms with E-state index < -0.39 is 0 Å². The van der Waals surface area contributed by atoms with Gasteiger partial charge in [-0.15, -0.1) is 0 Å². The summed E-state index contributed by atoms with van der Waals surface area (Å²) in [6.45, 7) is 3.30. The third kappa shape index (κ3) is 2.99. The molecule has 0 fully saturated rings. The van der Waals surface area contributed by atoms with Crippen molar-refractivity contribution in [3.63, 3.8) is 0 Å². The molecule has 0 amide bonds. The van der Waals surface area contributed by atoms with Gasteiger partial charge in [-0.05, 0) is 37.1 Å². The Bertz CT molecular complexity index is 358. The molecule has 68 valence electrons. The number of hydrogen-bond acceptors (Lipinski definition) is 2. The van der Waals surface area contributed by atoms with E-state index in [0.29, 0.717) is 10.6 Å². The molecular weight excluding hydrogens is 186 g/mol. The highest BCUT2D eigenvalue weighted by atomic mass is 35.5. The SMILES string of the molecule is CC(=O)C(C)=Cc1cncc(Cl)c1. The van der Waals surface area contributed by atoms with Gasteiger partial charge in [0.25, 0.3) is 0 Å². The van der Waals surface area contributed by atoms with E-state index in [-0.39, 0.29) is 5.78 Å². The predicted molar refractivity (Wildman–Crippen MR) is 53.6 cm³/mol. The summed E-state index contributed by atoms with van der Waals surface area (Å²) in [5.41, 5.74) is 1.55. The zero-order valence-corrected chi connectivity index (χ0v) is 8.30. The van der Waals surface area contributed by atoms with Crippen LogP contribution < -0.4 is 0 Å². The van der Waals surface area contributed by atoms with Gasteiger partial charge in [-0.25, -0.2) is 0 Å². The van der Waals surface area contributed by atoms with Gasteiger partial charge in [0.1, 0.15) is 0 Å². The third-order valence-electron chi connectivity index (χ3n) is 1.66. The second-order valence-corrected chi connectivity index (χ2v) is 3.26. The van der Waals surface area contributed by atoms with E-state index in [1.165, 1.54) is 6.92 Å². The molecule has 3 heteroatoms. The summed E-state index contributed by atoms with van der Waals surface area (Å²) < 4.78 is 0. The van der Waals surface area contributed by atoms with Crippen LogP contribution in [-0.2, 0) is 4.79 Å². The number of aromatic nitrogens is 1. The lowest BCUT2D eigenvalue weighted by Gasteiger charge is -1.96. The molecule has 0 N–H and O–H groups in total. The Morgan fingerprint density at radius 1 is 1.46 bits per heavy atom. The summed E-state index contributed by atoms with van der Waals surface area (Å²) in [7, 11) is 0. The minimum atomic E-state index is 0.0555. The number of carbonyl (C=O) groups is 1. The van der Waals surface area contributed by atoms with Gasteiger partial charge in [-0.2, -0.15) is 0 Å². The van der Waals surface area contributed by atoms with Crippen molar-refractivity contribution < 1.29 is 4.79 Å². The molecule has 0 aromatic carbocycles. The van der Waals surface area contributed by atoms with Crippen molar-refractivity contribution in [3.8, 4) is 0 Å². The van der Waals surface area contributed by atoms with Crippen LogP contribution in [0.15, 0.2) is 24.0 Å². The van der Waals surface area contributed by atoms with Crippen molar-refractivity contribution in [2.45, 2.75) is 13.8 Å². The molecule has 1 heterocycles. The van der Waals surface area contributed by atoms with Crippen molar-refractivity contribution in [2.24, 2.45) is 0 Å². The number of Topliss-reactive ketones (excluding diaryl/α,β-unsaturated/α-hetero) is 1. The maximum absolute atomic E-state index is 10.9. The first-order valence-corrected chi connectivity index (χ1v) is 4.27. The van der Waals surface area contributed by atoms with E-state index in [2.05, 4.69) is 4.98 Å². The topological polar surface area (TPSA) is 30.0 Å². The average Bonchev–Trinajstić information content (AvgIpc) is 2.04. The summed E-state index contributed by atoms with van der Waals surface area (Å²) in [6.07, 6.45) is 4.99. The molecule has 1 aromatic rings. The maximum atomic E-state index is 10.9. The van der Waals surface area contributed by atoms with Gasteiger partial charge in [0.15, 0.2) is 5.78 Å². The molecule has 0 aliphatic rings. The first-order chi connectivity index (χ1) is 6.09. The second-order valence-electron chi connectivity index (χ2n) is 2.82. The van der Waals surface area contributed by atoms with E-state index in [1.54, 1.807) is 31.5 Å². The first kappa shape index (κ1) is 9.93. The number of nitrogens with zero attached hydrogens (tertiary/aromatic N) is 1. The minimum absolute atomic E-state index is 0.0555. The lowest BCUT2D eigenvalue weighted by atomic mass is 10.1. The Morgan fingerprint density at radius 3 is 2.69 bits per heavy atom. The van der Waals surface area contributed by atoms with Crippen LogP contribution in [-0.4, -0.2) is 10.8 Å². The van der Waals surface area contributed by atoms with E-state index >= 15 is 0 Å². The lowest BCUT2D eigenvalue weighted by Crippen LogP contribution is -1.90. The minimum Gasteiger partial charge on any atom is -0.295 e. The lowest BCUT2D eigenvalue weighted by molar-refractivity contribution is -0.113. The summed E-state index contributed by atoms with van der Waals surface area (Å²) in [6, 6.07) is 1.76. The number of ketones is 1. The molecule has 1 rings (SSSR count). The van der Waals surface area contributed by atoms with Crippen LogP contribution in [0, 0.1) is 0 Å². The summed E-state index contributed by atoms with van der Waals surface area (Å²) in [4.78, 5) is 14.8. The maximum Gasteiger partial charge on any atom is 0.155 e. The van der Waals surface area contributed by atoms with Crippen LogP contribution >= 0.6 is 11.6 Å². The quantitative estimate of drug-likeness (QED) is 0.680. The first-order valence-electron chi connectivity index (χ1n) is 3.89. The molecular formula is C10H10ClNO. The average molecular weight is 196 g/mol. The van der Waals surface area contributed by atoms with Gasteiger partial charge in [0, 0.05) is 12.4 Å². The molecule has 13 heavy (non-hydrogen) atoms. The standard InChI is InChI=1S/C10H10ClNO/c1-7(8(2)13)3-9-4-10(11)6-12-5-9/h3-6H,1-2H3. The predicted octanol–water partition coefficient (Wildman–Crippen LogP) is 2.73. The fraction of sp³-hybridized carbons (Fsp3) is 0.200. The van der Waals surface area contributed by atoms with Gasteiger partial charge in [0.2, 0.25) is 0 Å². The van der Waals surface area contributed by atoms with Gasteiger partial charge in [-0.1, -0.05) is 11.6 Å². The summed E-state index contributed by atoms with van der Waals surface area (Å²) >= 11 is 5.73. The molecule has 0 spiro atoms. The summed E-state index contributed by atoms with van der Waals surface area (Å²) in [5.74, 6) is 0.0555. The Morgan fingerprint density at radius 2 is 2.15 bits per heavy atom. The van der Waals surface area contributed by atoms with Crippen molar-refractivity contribution in [3.05, 3.63) is 34.6 Å². The molecule has 0 unspecified atom stereocenters. The molecule has 0 bridgehead atoms. The zero-order chi connectivity index (χ0) is 9.84. The van der Waals surface area contributed by atoms with E-state index in [1.807, 2.05) is 0 Å². The molecule has 0 aliphatic carbocycles. The smallest absolute Gasteiger partial charge is 0.155 e. The number of hydrogen-bond donors (Lipinski definition) is 0. The number of rotatable bonds is 2. The van der Waals surface area contributed by atoms with Gasteiger partial charge in [-0.3, -0.25) is 9.78 Å². The van der Waals surface area contributed by atoms with Crippen LogP contribution in [0.1, 0.15) is 19.4 Å². The van der Waals surface area contributed by atoms with Gasteiger partial charge in [0.05, 0.1) is 5.02 Å². The fourth-order valence-corrected chi connectivity index (χ4v) is 1.04. The van der Waals surface area contributed by atoms with Crippen molar-refractivity contribution in [1.82, 2.24) is 4.98 Å². The second kappa shape index (κ2) is 4.19. The molecule has 0 atom stereocenters. The van der Waals surface area contributed by atoms with Crippen molar-refractivity contribution >= 4 is 23.5 Å². The largest absolute Gasteiger partial charge is 0.295 e. The normalized spacial score (nSPS) is 11.5. The highest BCUT2D eigenvalue weighted by Crippen LogP contribution is 2.11. The Balaban J connectivity index is 2.97. The van der Waals surface area contributed by atoms with Crippen LogP contribution in [0.2, 0.25) is 5.02 Å². The Hall–Kier alpha value is -1.15. The molecule has 1 aromatic heterocycles. The number of allylic oxidation sites excluding steroid dienone is 1. The molecule has 0 radical (unpaired) electrons. The molecule has 0 aliphatic heterocycles. The van der Waals surface area contributed by atoms with E-state index in [4.69, 9.17) is 11.6 Å². The zero-order valence-electron chi connectivity index (χ0n) is 7.54. The van der Waals surface area contributed by atoms with E-state index in [9.17, 15) is 4.79 Å². The number of halogens is 1. The Labute approximate surface area is 82.3 Å². The van der Waals surface area contributed by atoms with Gasteiger partial charge >= 0.3 is 0 Å². The summed E-state index contributed by atoms with van der Waals surface area (Å²) in [5, 5.41) is 0.574. The number of pyridine rings is 1. The van der Waals surface area contributed by atoms with Crippen molar-refractivity contribution in [1.29, 1.82) is 0 Å². The molecule has 2 nitrogen and oxygen atoms in total. The Kier molecular flexibility index (Phi) is 3.20. The van der Waals surface area contributed by atoms with Crippen LogP contribution in [0.25, 0.3) is 6.08 Å². The molecule has 0 saturated heterocycles. The van der Waals surface area contributed by atoms with Crippen LogP contribution in [0.4, 0.5) is 0 Å². The molecule has 0 saturated carbocycles. The monoisotopic (exact) mass is 195 g/mol. The number of carbonyl (C=O) groups excluding carboxylic acids is 1. The van der Waals surface area contributed by atoms with Crippen LogP contribution in [0.5, 0.6) is 0 Å². The fourth-order valence-electron chi connectivity index (χ4n) is 0.859. The van der Waals surface area contributed by atoms with Gasteiger partial charge < -0.3 is 0 Å².